The van der Waals surface area contributed by atoms with Gasteiger partial charge in [-0.1, -0.05) is 11.6 Å². The van der Waals surface area contributed by atoms with Crippen LogP contribution >= 0.6 is 27.5 Å². The summed E-state index contributed by atoms with van der Waals surface area (Å²) in [6.07, 6.45) is 3.88. The van der Waals surface area contributed by atoms with Crippen molar-refractivity contribution in [3.05, 3.63) is 21.6 Å². The number of fused-ring (bicyclic) bond motifs is 1. The van der Waals surface area contributed by atoms with Gasteiger partial charge >= 0.3 is 0 Å². The topological polar surface area (TPSA) is 49.9 Å². The lowest BCUT2D eigenvalue weighted by Crippen LogP contribution is -2.56. The summed E-state index contributed by atoms with van der Waals surface area (Å²) in [5, 5.41) is 0.626. The van der Waals surface area contributed by atoms with Crippen molar-refractivity contribution in [2.24, 2.45) is 0 Å². The van der Waals surface area contributed by atoms with Gasteiger partial charge in [0.25, 0.3) is 0 Å². The monoisotopic (exact) mass is 476 g/mol. The van der Waals surface area contributed by atoms with Gasteiger partial charge in [-0.05, 0) is 68.5 Å². The Hall–Kier alpha value is -0.500. The lowest BCUT2D eigenvalue weighted by Gasteiger charge is -2.46. The van der Waals surface area contributed by atoms with Gasteiger partial charge in [-0.2, -0.15) is 4.31 Å². The molecule has 2 heterocycles. The maximum Gasteiger partial charge on any atom is 0.219 e. The minimum absolute atomic E-state index is 0.141. The zero-order valence-corrected chi connectivity index (χ0v) is 19.1. The fraction of sp³-hybridized carbons (Fsp3) is 0.684. The summed E-state index contributed by atoms with van der Waals surface area (Å²) in [5.74, 6) is 0.764. The molecular weight excluding hydrogens is 452 g/mol. The van der Waals surface area contributed by atoms with Crippen LogP contribution in [0.3, 0.4) is 0 Å². The predicted octanol–water partition coefficient (Wildman–Crippen LogP) is 4.43. The molecule has 1 aromatic rings. The number of halogens is 2. The lowest BCUT2D eigenvalue weighted by molar-refractivity contribution is 0.125. The molecule has 27 heavy (non-hydrogen) atoms. The standard InChI is InChI=1S/C19H26BrClN2O3S/c1-18(2,3)27(24,25)23-12-14(11-19(23)5-4-6-19)22-7-8-26-16-10-13(21)9-15(20)17(16)22/h9-10,14H,4-8,11-12H2,1-3H3. The average Bonchev–Trinajstić information content (AvgIpc) is 2.94. The summed E-state index contributed by atoms with van der Waals surface area (Å²) >= 11 is 9.81. The van der Waals surface area contributed by atoms with Crippen molar-refractivity contribution in [1.82, 2.24) is 4.31 Å². The Morgan fingerprint density at radius 1 is 1.30 bits per heavy atom. The number of sulfonamides is 1. The third-order valence-corrected chi connectivity index (χ3v) is 9.67. The average molecular weight is 478 g/mol. The highest BCUT2D eigenvalue weighted by molar-refractivity contribution is 9.10. The van der Waals surface area contributed by atoms with E-state index < -0.39 is 14.8 Å². The van der Waals surface area contributed by atoms with Crippen molar-refractivity contribution in [2.75, 3.05) is 24.6 Å². The first-order valence-corrected chi connectivity index (χ1v) is 12.1. The molecule has 1 aliphatic carbocycles. The third kappa shape index (κ3) is 3.09. The highest BCUT2D eigenvalue weighted by Gasteiger charge is 2.57. The van der Waals surface area contributed by atoms with E-state index in [1.807, 2.05) is 16.4 Å². The first-order valence-electron chi connectivity index (χ1n) is 9.46. The molecule has 5 nitrogen and oxygen atoms in total. The van der Waals surface area contributed by atoms with Gasteiger partial charge in [-0.3, -0.25) is 0 Å². The van der Waals surface area contributed by atoms with E-state index in [1.165, 1.54) is 0 Å². The van der Waals surface area contributed by atoms with Crippen molar-refractivity contribution in [1.29, 1.82) is 0 Å². The van der Waals surface area contributed by atoms with Gasteiger partial charge in [0.05, 0.1) is 17.0 Å². The molecule has 1 saturated carbocycles. The maximum atomic E-state index is 13.3. The number of hydrogen-bond donors (Lipinski definition) is 0. The van der Waals surface area contributed by atoms with Crippen LogP contribution in [0, 0.1) is 0 Å². The molecule has 1 atom stereocenters. The Morgan fingerprint density at radius 2 is 2.00 bits per heavy atom. The predicted molar refractivity (Wildman–Crippen MR) is 112 cm³/mol. The molecule has 3 aliphatic rings. The minimum Gasteiger partial charge on any atom is -0.489 e. The van der Waals surface area contributed by atoms with Crippen LogP contribution in [-0.2, 0) is 10.0 Å². The molecule has 0 amide bonds. The van der Waals surface area contributed by atoms with Gasteiger partial charge < -0.3 is 9.64 Å². The van der Waals surface area contributed by atoms with E-state index in [0.29, 0.717) is 18.2 Å². The molecule has 0 bridgehead atoms. The first kappa shape index (κ1) is 19.8. The molecule has 1 unspecified atom stereocenters. The van der Waals surface area contributed by atoms with Gasteiger partial charge in [-0.25, -0.2) is 8.42 Å². The van der Waals surface area contributed by atoms with Crippen molar-refractivity contribution < 1.29 is 13.2 Å². The minimum atomic E-state index is -3.37. The molecule has 1 aromatic carbocycles. The van der Waals surface area contributed by atoms with Gasteiger partial charge in [0.1, 0.15) is 12.4 Å². The first-order chi connectivity index (χ1) is 12.6. The molecule has 1 saturated heterocycles. The Labute approximate surface area is 175 Å². The molecule has 8 heteroatoms. The van der Waals surface area contributed by atoms with E-state index in [-0.39, 0.29) is 11.6 Å². The summed E-state index contributed by atoms with van der Waals surface area (Å²) in [5.41, 5.74) is 0.772. The van der Waals surface area contributed by atoms with E-state index in [4.69, 9.17) is 16.3 Å². The molecule has 150 valence electrons. The molecule has 0 radical (unpaired) electrons. The SMILES string of the molecule is CC(C)(C)S(=O)(=O)N1CC(N2CCOc3cc(Cl)cc(Br)c32)CC12CCC2. The number of anilines is 1. The summed E-state index contributed by atoms with van der Waals surface area (Å²) in [4.78, 5) is 2.32. The second-order valence-corrected chi connectivity index (χ2v) is 12.8. The van der Waals surface area contributed by atoms with Crippen LogP contribution in [0.15, 0.2) is 16.6 Å². The third-order valence-electron chi connectivity index (χ3n) is 6.18. The number of benzene rings is 1. The molecule has 0 N–H and O–H groups in total. The van der Waals surface area contributed by atoms with Gasteiger partial charge in [0, 0.05) is 33.7 Å². The summed E-state index contributed by atoms with van der Waals surface area (Å²) in [6.45, 7) is 7.25. The van der Waals surface area contributed by atoms with Crippen molar-refractivity contribution >= 4 is 43.2 Å². The number of nitrogens with zero attached hydrogens (tertiary/aromatic N) is 2. The van der Waals surface area contributed by atoms with Crippen LogP contribution in [0.25, 0.3) is 0 Å². The molecular formula is C19H26BrClN2O3S. The second kappa shape index (κ2) is 6.51. The zero-order chi connectivity index (χ0) is 19.6. The molecule has 0 aromatic heterocycles. The van der Waals surface area contributed by atoms with Crippen LogP contribution in [-0.4, -0.2) is 48.7 Å². The fourth-order valence-corrected chi connectivity index (χ4v) is 7.39. The largest absolute Gasteiger partial charge is 0.489 e. The number of hydrogen-bond acceptors (Lipinski definition) is 4. The van der Waals surface area contributed by atoms with Crippen LogP contribution in [0.1, 0.15) is 46.5 Å². The molecule has 2 aliphatic heterocycles. The summed E-state index contributed by atoms with van der Waals surface area (Å²) in [6, 6.07) is 3.85. The van der Waals surface area contributed by atoms with Crippen LogP contribution < -0.4 is 9.64 Å². The van der Waals surface area contributed by atoms with Gasteiger partial charge in [0.2, 0.25) is 10.0 Å². The Balaban J connectivity index is 1.70. The fourth-order valence-electron chi connectivity index (χ4n) is 4.58. The summed E-state index contributed by atoms with van der Waals surface area (Å²) in [7, 11) is -3.37. The smallest absolute Gasteiger partial charge is 0.219 e. The normalized spacial score (nSPS) is 25.2. The maximum absolute atomic E-state index is 13.3. The highest BCUT2D eigenvalue weighted by Crippen LogP contribution is 2.51. The number of rotatable bonds is 2. The van der Waals surface area contributed by atoms with Crippen LogP contribution in [0.4, 0.5) is 5.69 Å². The van der Waals surface area contributed by atoms with Crippen molar-refractivity contribution in [3.8, 4) is 5.75 Å². The van der Waals surface area contributed by atoms with E-state index >= 15 is 0 Å². The van der Waals surface area contributed by atoms with Crippen molar-refractivity contribution in [3.63, 3.8) is 0 Å². The van der Waals surface area contributed by atoms with E-state index in [1.54, 1.807) is 20.8 Å². The van der Waals surface area contributed by atoms with E-state index in [0.717, 1.165) is 48.1 Å². The van der Waals surface area contributed by atoms with Gasteiger partial charge in [-0.15, -0.1) is 0 Å². The molecule has 2 fully saturated rings. The lowest BCUT2D eigenvalue weighted by atomic mass is 9.75. The highest BCUT2D eigenvalue weighted by atomic mass is 79.9. The Bertz CT molecular complexity index is 864. The Morgan fingerprint density at radius 3 is 2.59 bits per heavy atom. The van der Waals surface area contributed by atoms with E-state index in [9.17, 15) is 8.42 Å². The second-order valence-electron chi connectivity index (χ2n) is 8.86. The van der Waals surface area contributed by atoms with Crippen LogP contribution in [0.2, 0.25) is 5.02 Å². The van der Waals surface area contributed by atoms with Crippen molar-refractivity contribution in [2.45, 2.75) is 62.8 Å². The summed E-state index contributed by atoms with van der Waals surface area (Å²) < 4.78 is 34.4. The zero-order valence-electron chi connectivity index (χ0n) is 16.0. The van der Waals surface area contributed by atoms with Crippen LogP contribution in [0.5, 0.6) is 5.75 Å². The number of ether oxygens (including phenoxy) is 1. The molecule has 1 spiro atoms. The van der Waals surface area contributed by atoms with Gasteiger partial charge in [0.15, 0.2) is 0 Å². The molecule has 4 rings (SSSR count). The van der Waals surface area contributed by atoms with E-state index in [2.05, 4.69) is 20.8 Å². The quantitative estimate of drug-likeness (QED) is 0.632. The Kier molecular flexibility index (Phi) is 4.77.